The van der Waals surface area contributed by atoms with E-state index in [2.05, 4.69) is 15.5 Å². The zero-order chi connectivity index (χ0) is 18.7. The quantitative estimate of drug-likeness (QED) is 0.523. The van der Waals surface area contributed by atoms with Crippen molar-refractivity contribution in [3.05, 3.63) is 52.9 Å². The number of halogens is 1. The number of anilines is 1. The highest BCUT2D eigenvalue weighted by Crippen LogP contribution is 2.32. The van der Waals surface area contributed by atoms with Gasteiger partial charge in [-0.25, -0.2) is 4.79 Å². The van der Waals surface area contributed by atoms with Gasteiger partial charge in [0.15, 0.2) is 5.76 Å². The number of aromatic carboxylic acids is 1. The highest BCUT2D eigenvalue weighted by molar-refractivity contribution is 6.33. The lowest BCUT2D eigenvalue weighted by Crippen LogP contribution is -2.14. The molecule has 1 aromatic carbocycles. The summed E-state index contributed by atoms with van der Waals surface area (Å²) in [6.07, 6.45) is 2.95. The number of nitrogens with one attached hydrogen (secondary N) is 2. The highest BCUT2D eigenvalue weighted by atomic mass is 35.5. The van der Waals surface area contributed by atoms with E-state index < -0.39 is 5.97 Å². The van der Waals surface area contributed by atoms with Crippen molar-refractivity contribution in [1.29, 1.82) is 0 Å². The van der Waals surface area contributed by atoms with Gasteiger partial charge in [-0.1, -0.05) is 16.8 Å². The Morgan fingerprint density at radius 2 is 1.96 bits per heavy atom. The molecule has 8 nitrogen and oxygen atoms in total. The van der Waals surface area contributed by atoms with Crippen LogP contribution in [0, 0.1) is 0 Å². The van der Waals surface area contributed by atoms with Crippen LogP contribution in [-0.2, 0) is 11.2 Å². The number of aromatic hydroxyl groups is 1. The fraction of sp³-hybridized carbons (Fsp3) is 0.118. The first-order chi connectivity index (χ1) is 12.5. The fourth-order valence-corrected chi connectivity index (χ4v) is 2.62. The number of aryl methyl sites for hydroxylation is 1. The Balaban J connectivity index is 1.65. The van der Waals surface area contributed by atoms with Gasteiger partial charge in [-0.2, -0.15) is 0 Å². The summed E-state index contributed by atoms with van der Waals surface area (Å²) in [4.78, 5) is 25.7. The summed E-state index contributed by atoms with van der Waals surface area (Å²) in [5, 5.41) is 25.0. The van der Waals surface area contributed by atoms with Crippen molar-refractivity contribution in [2.45, 2.75) is 12.8 Å². The number of benzene rings is 1. The zero-order valence-corrected chi connectivity index (χ0v) is 14.1. The van der Waals surface area contributed by atoms with Gasteiger partial charge in [-0.05, 0) is 24.3 Å². The van der Waals surface area contributed by atoms with Gasteiger partial charge >= 0.3 is 5.97 Å². The molecule has 0 saturated carbocycles. The molecule has 0 fully saturated rings. The van der Waals surface area contributed by atoms with Gasteiger partial charge in [0.1, 0.15) is 22.0 Å². The van der Waals surface area contributed by atoms with E-state index in [1.165, 1.54) is 24.5 Å². The average molecular weight is 376 g/mol. The van der Waals surface area contributed by atoms with Crippen molar-refractivity contribution in [3.63, 3.8) is 0 Å². The third-order valence-electron chi connectivity index (χ3n) is 3.67. The van der Waals surface area contributed by atoms with Crippen molar-refractivity contribution >= 4 is 29.2 Å². The molecule has 0 radical (unpaired) electrons. The normalized spacial score (nSPS) is 10.7. The third-order valence-corrected chi connectivity index (χ3v) is 4.06. The average Bonchev–Trinajstić information content (AvgIpc) is 3.21. The Morgan fingerprint density at radius 1 is 1.23 bits per heavy atom. The number of carboxylic acids is 1. The second-order valence-corrected chi connectivity index (χ2v) is 5.83. The molecule has 2 heterocycles. The zero-order valence-electron chi connectivity index (χ0n) is 13.3. The standard InChI is InChI=1S/C17H14ClN3O5/c18-15-12(21-26-16(15)9-1-3-10(22)4-2-9)5-6-14(23)20-13-8-19-7-11(13)17(24)25/h1-4,7-8,19,22H,5-6H2,(H,20,23)(H,24,25). The number of aromatic amines is 1. The number of amides is 1. The molecule has 26 heavy (non-hydrogen) atoms. The first-order valence-electron chi connectivity index (χ1n) is 7.59. The van der Waals surface area contributed by atoms with E-state index in [1.54, 1.807) is 12.1 Å². The fourth-order valence-electron chi connectivity index (χ4n) is 2.35. The van der Waals surface area contributed by atoms with Crippen LogP contribution in [0.5, 0.6) is 5.75 Å². The molecule has 0 saturated heterocycles. The van der Waals surface area contributed by atoms with E-state index in [4.69, 9.17) is 21.2 Å². The van der Waals surface area contributed by atoms with E-state index in [0.717, 1.165) is 0 Å². The van der Waals surface area contributed by atoms with E-state index in [-0.39, 0.29) is 40.8 Å². The largest absolute Gasteiger partial charge is 0.508 e. The minimum atomic E-state index is -1.14. The number of rotatable bonds is 6. The molecule has 0 bridgehead atoms. The molecule has 0 aliphatic rings. The van der Waals surface area contributed by atoms with Crippen molar-refractivity contribution < 1.29 is 24.3 Å². The van der Waals surface area contributed by atoms with Crippen LogP contribution in [0.15, 0.2) is 41.2 Å². The number of nitrogens with zero attached hydrogens (tertiary/aromatic N) is 1. The summed E-state index contributed by atoms with van der Waals surface area (Å²) in [5.74, 6) is -1.05. The Morgan fingerprint density at radius 3 is 2.65 bits per heavy atom. The molecule has 134 valence electrons. The summed E-state index contributed by atoms with van der Waals surface area (Å²) < 4.78 is 5.23. The number of carboxylic acid groups (broad SMARTS) is 1. The number of H-pyrrole nitrogens is 1. The molecular weight excluding hydrogens is 362 g/mol. The maximum atomic E-state index is 12.0. The third kappa shape index (κ3) is 3.70. The van der Waals surface area contributed by atoms with Crippen molar-refractivity contribution in [2.75, 3.05) is 5.32 Å². The Bertz CT molecular complexity index is 946. The van der Waals surface area contributed by atoms with Crippen LogP contribution in [-0.4, -0.2) is 32.2 Å². The number of carbonyl (C=O) groups is 2. The predicted octanol–water partition coefficient (Wildman–Crippen LogP) is 3.30. The van der Waals surface area contributed by atoms with Crippen LogP contribution in [0.1, 0.15) is 22.5 Å². The van der Waals surface area contributed by atoms with Crippen molar-refractivity contribution in [1.82, 2.24) is 10.1 Å². The highest BCUT2D eigenvalue weighted by Gasteiger charge is 2.18. The van der Waals surface area contributed by atoms with E-state index in [1.807, 2.05) is 0 Å². The lowest BCUT2D eigenvalue weighted by atomic mass is 10.1. The lowest BCUT2D eigenvalue weighted by Gasteiger charge is -2.03. The molecule has 4 N–H and O–H groups in total. The van der Waals surface area contributed by atoms with Gasteiger partial charge in [0.2, 0.25) is 5.91 Å². The summed E-state index contributed by atoms with van der Waals surface area (Å²) in [6, 6.07) is 6.27. The van der Waals surface area contributed by atoms with E-state index >= 15 is 0 Å². The van der Waals surface area contributed by atoms with Crippen LogP contribution in [0.2, 0.25) is 5.02 Å². The van der Waals surface area contributed by atoms with Gasteiger partial charge in [0, 0.05) is 30.8 Å². The van der Waals surface area contributed by atoms with Crippen molar-refractivity contribution in [2.24, 2.45) is 0 Å². The summed E-state index contributed by atoms with van der Waals surface area (Å²) >= 11 is 6.26. The molecule has 9 heteroatoms. The number of hydrogen-bond acceptors (Lipinski definition) is 5. The smallest absolute Gasteiger partial charge is 0.339 e. The molecule has 1 amide bonds. The van der Waals surface area contributed by atoms with E-state index in [9.17, 15) is 14.7 Å². The molecule has 0 aliphatic carbocycles. The van der Waals surface area contributed by atoms with E-state index in [0.29, 0.717) is 17.0 Å². The molecule has 2 aromatic heterocycles. The molecule has 3 aromatic rings. The molecule has 0 spiro atoms. The number of carbonyl (C=O) groups excluding carboxylic acids is 1. The molecular formula is C17H14ClN3O5. The topological polar surface area (TPSA) is 128 Å². The second kappa shape index (κ2) is 7.32. The molecule has 3 rings (SSSR count). The number of aromatic nitrogens is 2. The summed E-state index contributed by atoms with van der Waals surface area (Å²) in [6.45, 7) is 0. The first-order valence-corrected chi connectivity index (χ1v) is 7.97. The Hall–Kier alpha value is -3.26. The van der Waals surface area contributed by atoms with Gasteiger partial charge < -0.3 is 25.0 Å². The molecule has 0 atom stereocenters. The maximum Gasteiger partial charge on any atom is 0.339 e. The second-order valence-electron chi connectivity index (χ2n) is 5.46. The van der Waals surface area contributed by atoms with Gasteiger partial charge in [-0.3, -0.25) is 4.79 Å². The summed E-state index contributed by atoms with van der Waals surface area (Å²) in [5.41, 5.74) is 1.23. The van der Waals surface area contributed by atoms with Crippen molar-refractivity contribution in [3.8, 4) is 17.1 Å². The number of hydrogen-bond donors (Lipinski definition) is 4. The first kappa shape index (κ1) is 17.6. The minimum absolute atomic E-state index is 0.0209. The van der Waals surface area contributed by atoms with Gasteiger partial charge in [0.25, 0.3) is 0 Å². The van der Waals surface area contributed by atoms with Gasteiger partial charge in [0.05, 0.1) is 5.69 Å². The van der Waals surface area contributed by atoms with Crippen LogP contribution in [0.3, 0.4) is 0 Å². The Labute approximate surface area is 152 Å². The molecule has 0 unspecified atom stereocenters. The van der Waals surface area contributed by atoms with Crippen LogP contribution < -0.4 is 5.32 Å². The van der Waals surface area contributed by atoms with Crippen LogP contribution in [0.4, 0.5) is 5.69 Å². The van der Waals surface area contributed by atoms with Crippen LogP contribution in [0.25, 0.3) is 11.3 Å². The predicted molar refractivity (Wildman–Crippen MR) is 93.3 cm³/mol. The Kier molecular flexibility index (Phi) is 4.94. The summed E-state index contributed by atoms with van der Waals surface area (Å²) in [7, 11) is 0. The lowest BCUT2D eigenvalue weighted by molar-refractivity contribution is -0.116. The minimum Gasteiger partial charge on any atom is -0.508 e. The molecule has 0 aliphatic heterocycles. The maximum absolute atomic E-state index is 12.0. The SMILES string of the molecule is O=C(CCc1noc(-c2ccc(O)cc2)c1Cl)Nc1c[nH]cc1C(=O)O. The monoisotopic (exact) mass is 375 g/mol. The number of phenols is 1. The number of phenolic OH excluding ortho intramolecular Hbond substituents is 1. The van der Waals surface area contributed by atoms with Gasteiger partial charge in [-0.15, -0.1) is 0 Å². The van der Waals surface area contributed by atoms with Crippen LogP contribution >= 0.6 is 11.6 Å².